The maximum atomic E-state index is 12.7. The van der Waals surface area contributed by atoms with Gasteiger partial charge in [0.05, 0.1) is 12.4 Å². The summed E-state index contributed by atoms with van der Waals surface area (Å²) in [5.74, 6) is -2.52. The van der Waals surface area contributed by atoms with E-state index in [0.717, 1.165) is 24.5 Å². The molecular formula is C12H7FN2O4. The van der Waals surface area contributed by atoms with E-state index in [-0.39, 0.29) is 17.1 Å². The largest absolute Gasteiger partial charge is 0.476 e. The summed E-state index contributed by atoms with van der Waals surface area (Å²) in [5.41, 5.74) is -0.613. The SMILES string of the molecule is O=C(O)c1cncc(C(=O)Oc2ccc(F)cc2)n1. The molecule has 0 amide bonds. The lowest BCUT2D eigenvalue weighted by molar-refractivity contribution is 0.0689. The smallest absolute Gasteiger partial charge is 0.363 e. The Bertz CT molecular complexity index is 628. The number of carboxylic acids is 1. The van der Waals surface area contributed by atoms with Crippen molar-refractivity contribution >= 4 is 11.9 Å². The van der Waals surface area contributed by atoms with E-state index in [4.69, 9.17) is 9.84 Å². The highest BCUT2D eigenvalue weighted by molar-refractivity contribution is 5.91. The van der Waals surface area contributed by atoms with Crippen molar-refractivity contribution in [2.75, 3.05) is 0 Å². The summed E-state index contributed by atoms with van der Waals surface area (Å²) in [4.78, 5) is 29.5. The van der Waals surface area contributed by atoms with Gasteiger partial charge >= 0.3 is 11.9 Å². The molecule has 2 rings (SSSR count). The average Bonchev–Trinajstić information content (AvgIpc) is 2.41. The molecule has 0 bridgehead atoms. The number of nitrogens with zero attached hydrogens (tertiary/aromatic N) is 2. The lowest BCUT2D eigenvalue weighted by Gasteiger charge is -2.03. The van der Waals surface area contributed by atoms with Crippen molar-refractivity contribution in [3.05, 3.63) is 53.9 Å². The zero-order chi connectivity index (χ0) is 13.8. The zero-order valence-corrected chi connectivity index (χ0v) is 9.41. The number of esters is 1. The Hall–Kier alpha value is -2.83. The van der Waals surface area contributed by atoms with Crippen molar-refractivity contribution in [3.8, 4) is 5.75 Å². The third-order valence-corrected chi connectivity index (χ3v) is 2.09. The van der Waals surface area contributed by atoms with Gasteiger partial charge in [-0.15, -0.1) is 0 Å². The molecule has 2 aromatic rings. The van der Waals surface area contributed by atoms with E-state index < -0.39 is 17.8 Å². The fourth-order valence-corrected chi connectivity index (χ4v) is 1.23. The van der Waals surface area contributed by atoms with E-state index in [1.165, 1.54) is 12.1 Å². The fourth-order valence-electron chi connectivity index (χ4n) is 1.23. The molecule has 1 heterocycles. The number of aromatic carboxylic acids is 1. The topological polar surface area (TPSA) is 89.4 Å². The van der Waals surface area contributed by atoms with Gasteiger partial charge in [-0.05, 0) is 24.3 Å². The van der Waals surface area contributed by atoms with Crippen LogP contribution in [-0.2, 0) is 0 Å². The fraction of sp³-hybridized carbons (Fsp3) is 0. The van der Waals surface area contributed by atoms with Crippen molar-refractivity contribution in [2.45, 2.75) is 0 Å². The lowest BCUT2D eigenvalue weighted by Crippen LogP contribution is -2.13. The first kappa shape index (κ1) is 12.6. The number of carboxylic acid groups (broad SMARTS) is 1. The van der Waals surface area contributed by atoms with Crippen LogP contribution in [0.5, 0.6) is 5.75 Å². The Kier molecular flexibility index (Phi) is 3.46. The standard InChI is InChI=1S/C12H7FN2O4/c13-7-1-3-8(4-2-7)19-12(18)10-6-14-5-9(15-10)11(16)17/h1-6H,(H,16,17). The molecule has 0 atom stereocenters. The molecule has 0 fully saturated rings. The molecule has 1 aromatic carbocycles. The molecule has 0 aliphatic carbocycles. The van der Waals surface area contributed by atoms with E-state index in [9.17, 15) is 14.0 Å². The number of benzene rings is 1. The van der Waals surface area contributed by atoms with Crippen LogP contribution in [0.2, 0.25) is 0 Å². The number of carbonyl (C=O) groups excluding carboxylic acids is 1. The van der Waals surface area contributed by atoms with Gasteiger partial charge in [-0.25, -0.2) is 19.0 Å². The highest BCUT2D eigenvalue weighted by Crippen LogP contribution is 2.12. The van der Waals surface area contributed by atoms with E-state index in [1.54, 1.807) is 0 Å². The normalized spacial score (nSPS) is 9.95. The van der Waals surface area contributed by atoms with Gasteiger partial charge < -0.3 is 9.84 Å². The number of halogens is 1. The molecule has 0 aliphatic heterocycles. The van der Waals surface area contributed by atoms with E-state index in [1.807, 2.05) is 0 Å². The zero-order valence-electron chi connectivity index (χ0n) is 9.41. The predicted octanol–water partition coefficient (Wildman–Crippen LogP) is 1.53. The monoisotopic (exact) mass is 262 g/mol. The quantitative estimate of drug-likeness (QED) is 0.666. The molecular weight excluding hydrogens is 255 g/mol. The van der Waals surface area contributed by atoms with Crippen molar-refractivity contribution < 1.29 is 23.8 Å². The van der Waals surface area contributed by atoms with Crippen LogP contribution >= 0.6 is 0 Å². The minimum atomic E-state index is -1.30. The van der Waals surface area contributed by atoms with Crippen LogP contribution in [0.1, 0.15) is 21.0 Å². The van der Waals surface area contributed by atoms with Gasteiger partial charge in [0, 0.05) is 0 Å². The molecule has 1 aromatic heterocycles. The van der Waals surface area contributed by atoms with Gasteiger partial charge in [-0.2, -0.15) is 0 Å². The number of ether oxygens (including phenoxy) is 1. The second-order valence-electron chi connectivity index (χ2n) is 3.44. The van der Waals surface area contributed by atoms with Crippen molar-refractivity contribution in [2.24, 2.45) is 0 Å². The lowest BCUT2D eigenvalue weighted by atomic mass is 10.3. The molecule has 0 radical (unpaired) electrons. The summed E-state index contributed by atoms with van der Waals surface area (Å²) < 4.78 is 17.5. The van der Waals surface area contributed by atoms with E-state index in [2.05, 4.69) is 9.97 Å². The second-order valence-corrected chi connectivity index (χ2v) is 3.44. The van der Waals surface area contributed by atoms with Crippen LogP contribution in [-0.4, -0.2) is 27.0 Å². The molecule has 0 saturated heterocycles. The minimum absolute atomic E-state index is 0.119. The first-order chi connectivity index (χ1) is 9.06. The van der Waals surface area contributed by atoms with Crippen LogP contribution in [0.25, 0.3) is 0 Å². The maximum Gasteiger partial charge on any atom is 0.363 e. The van der Waals surface area contributed by atoms with Gasteiger partial charge in [0.25, 0.3) is 0 Å². The third-order valence-electron chi connectivity index (χ3n) is 2.09. The van der Waals surface area contributed by atoms with E-state index in [0.29, 0.717) is 0 Å². The Balaban J connectivity index is 2.18. The molecule has 1 N–H and O–H groups in total. The molecule has 0 unspecified atom stereocenters. The summed E-state index contributed by atoms with van der Waals surface area (Å²) in [5, 5.41) is 8.72. The van der Waals surface area contributed by atoms with Crippen LogP contribution in [0.4, 0.5) is 4.39 Å². The van der Waals surface area contributed by atoms with Crippen LogP contribution in [0, 0.1) is 5.82 Å². The highest BCUT2D eigenvalue weighted by atomic mass is 19.1. The summed E-state index contributed by atoms with van der Waals surface area (Å²) >= 11 is 0. The highest BCUT2D eigenvalue weighted by Gasteiger charge is 2.14. The van der Waals surface area contributed by atoms with Gasteiger partial charge in [0.2, 0.25) is 0 Å². The van der Waals surface area contributed by atoms with Gasteiger partial charge in [-0.1, -0.05) is 0 Å². The Labute approximate surface area is 106 Å². The summed E-state index contributed by atoms with van der Waals surface area (Å²) in [6.07, 6.45) is 2.09. The predicted molar refractivity (Wildman–Crippen MR) is 60.3 cm³/mol. The molecule has 6 nitrogen and oxygen atoms in total. The third kappa shape index (κ3) is 3.09. The van der Waals surface area contributed by atoms with Gasteiger partial charge in [0.15, 0.2) is 11.4 Å². The minimum Gasteiger partial charge on any atom is -0.476 e. The number of aromatic nitrogens is 2. The maximum absolute atomic E-state index is 12.7. The number of carbonyl (C=O) groups is 2. The van der Waals surface area contributed by atoms with Gasteiger partial charge in [-0.3, -0.25) is 4.98 Å². The average molecular weight is 262 g/mol. The van der Waals surface area contributed by atoms with Crippen LogP contribution < -0.4 is 4.74 Å². The molecule has 0 aliphatic rings. The first-order valence-corrected chi connectivity index (χ1v) is 5.09. The summed E-state index contributed by atoms with van der Waals surface area (Å²) in [6.45, 7) is 0. The molecule has 19 heavy (non-hydrogen) atoms. The Morgan fingerprint density at radius 3 is 2.37 bits per heavy atom. The number of hydrogen-bond donors (Lipinski definition) is 1. The van der Waals surface area contributed by atoms with Crippen molar-refractivity contribution in [3.63, 3.8) is 0 Å². The molecule has 96 valence electrons. The van der Waals surface area contributed by atoms with Crippen LogP contribution in [0.15, 0.2) is 36.7 Å². The summed E-state index contributed by atoms with van der Waals surface area (Å²) in [6, 6.07) is 4.79. The van der Waals surface area contributed by atoms with Gasteiger partial charge in [0.1, 0.15) is 11.6 Å². The van der Waals surface area contributed by atoms with Crippen molar-refractivity contribution in [1.82, 2.24) is 9.97 Å². The Morgan fingerprint density at radius 2 is 1.74 bits per heavy atom. The van der Waals surface area contributed by atoms with E-state index >= 15 is 0 Å². The number of rotatable bonds is 3. The molecule has 7 heteroatoms. The molecule has 0 spiro atoms. The first-order valence-electron chi connectivity index (χ1n) is 5.09. The van der Waals surface area contributed by atoms with Crippen molar-refractivity contribution in [1.29, 1.82) is 0 Å². The second kappa shape index (κ2) is 5.21. The van der Waals surface area contributed by atoms with Crippen LogP contribution in [0.3, 0.4) is 0 Å². The Morgan fingerprint density at radius 1 is 1.11 bits per heavy atom. The number of hydrogen-bond acceptors (Lipinski definition) is 5. The molecule has 0 saturated carbocycles. The summed E-state index contributed by atoms with van der Waals surface area (Å²) in [7, 11) is 0.